The Kier molecular flexibility index (Phi) is 5.26. The summed E-state index contributed by atoms with van der Waals surface area (Å²) < 4.78 is 0. The molecule has 94 valence electrons. The molecule has 1 aliphatic heterocycles. The lowest BCUT2D eigenvalue weighted by Crippen LogP contribution is -2.42. The molecule has 0 aromatic heterocycles. The zero-order chi connectivity index (χ0) is 12.1. The molecule has 1 rings (SSSR count). The van der Waals surface area contributed by atoms with Gasteiger partial charge in [0.2, 0.25) is 5.91 Å². The first-order valence-electron chi connectivity index (χ1n) is 6.58. The van der Waals surface area contributed by atoms with Crippen LogP contribution in [0.4, 0.5) is 0 Å². The van der Waals surface area contributed by atoms with Crippen molar-refractivity contribution in [1.29, 1.82) is 0 Å². The summed E-state index contributed by atoms with van der Waals surface area (Å²) in [7, 11) is 0. The lowest BCUT2D eigenvalue weighted by atomic mass is 9.93. The Morgan fingerprint density at radius 1 is 1.38 bits per heavy atom. The number of hydrogen-bond acceptors (Lipinski definition) is 2. The predicted molar refractivity (Wildman–Crippen MR) is 67.0 cm³/mol. The Balaban J connectivity index is 2.33. The van der Waals surface area contributed by atoms with Crippen molar-refractivity contribution in [2.24, 2.45) is 17.6 Å². The highest BCUT2D eigenvalue weighted by Crippen LogP contribution is 2.20. The number of hydrogen-bond donors (Lipinski definition) is 1. The van der Waals surface area contributed by atoms with E-state index in [-0.39, 0.29) is 11.9 Å². The molecule has 1 atom stereocenters. The monoisotopic (exact) mass is 226 g/mol. The third-order valence-electron chi connectivity index (χ3n) is 3.81. The van der Waals surface area contributed by atoms with E-state index in [4.69, 9.17) is 5.73 Å². The second-order valence-electron chi connectivity index (χ2n) is 5.34. The summed E-state index contributed by atoms with van der Waals surface area (Å²) in [5.41, 5.74) is 5.93. The van der Waals surface area contributed by atoms with Crippen molar-refractivity contribution in [3.05, 3.63) is 0 Å². The lowest BCUT2D eigenvalue weighted by molar-refractivity contribution is -0.133. The summed E-state index contributed by atoms with van der Waals surface area (Å²) in [4.78, 5) is 13.9. The number of rotatable bonds is 4. The average molecular weight is 226 g/mol. The van der Waals surface area contributed by atoms with Crippen molar-refractivity contribution in [1.82, 2.24) is 4.90 Å². The molecule has 1 saturated heterocycles. The number of nitrogens with two attached hydrogens (primary N) is 1. The van der Waals surface area contributed by atoms with Gasteiger partial charge >= 0.3 is 0 Å². The molecule has 1 heterocycles. The largest absolute Gasteiger partial charge is 0.343 e. The fourth-order valence-electron chi connectivity index (χ4n) is 2.16. The number of carbonyl (C=O) groups excluding carboxylic acids is 1. The van der Waals surface area contributed by atoms with Gasteiger partial charge in [-0.15, -0.1) is 0 Å². The zero-order valence-corrected chi connectivity index (χ0v) is 10.9. The second kappa shape index (κ2) is 6.24. The molecule has 1 amide bonds. The van der Waals surface area contributed by atoms with Crippen LogP contribution in [0.5, 0.6) is 0 Å². The minimum Gasteiger partial charge on any atom is -0.343 e. The van der Waals surface area contributed by atoms with Crippen LogP contribution in [0.1, 0.15) is 46.5 Å². The van der Waals surface area contributed by atoms with Crippen LogP contribution in [0.3, 0.4) is 0 Å². The van der Waals surface area contributed by atoms with Gasteiger partial charge in [0.25, 0.3) is 0 Å². The summed E-state index contributed by atoms with van der Waals surface area (Å²) in [6.45, 7) is 8.24. The Bertz CT molecular complexity index is 220. The molecule has 0 saturated carbocycles. The van der Waals surface area contributed by atoms with Gasteiger partial charge in [0.1, 0.15) is 0 Å². The van der Waals surface area contributed by atoms with Gasteiger partial charge in [-0.3, -0.25) is 4.79 Å². The molecule has 16 heavy (non-hydrogen) atoms. The molecule has 0 radical (unpaired) electrons. The Hall–Kier alpha value is -0.570. The van der Waals surface area contributed by atoms with Crippen LogP contribution >= 0.6 is 0 Å². The van der Waals surface area contributed by atoms with Gasteiger partial charge in [-0.05, 0) is 24.7 Å². The van der Waals surface area contributed by atoms with Gasteiger partial charge in [0.05, 0.1) is 0 Å². The highest BCUT2D eigenvalue weighted by Gasteiger charge is 2.23. The molecule has 3 nitrogen and oxygen atoms in total. The van der Waals surface area contributed by atoms with Crippen LogP contribution in [0.25, 0.3) is 0 Å². The summed E-state index contributed by atoms with van der Waals surface area (Å²) >= 11 is 0. The Morgan fingerprint density at radius 2 is 1.94 bits per heavy atom. The quantitative estimate of drug-likeness (QED) is 0.797. The predicted octanol–water partition coefficient (Wildman–Crippen LogP) is 2.01. The SMILES string of the molecule is CCC1CCN(C(=O)CC(N)C(C)C)CC1. The number of amides is 1. The molecular weight excluding hydrogens is 200 g/mol. The molecule has 1 aliphatic rings. The van der Waals surface area contributed by atoms with E-state index in [0.29, 0.717) is 12.3 Å². The van der Waals surface area contributed by atoms with E-state index in [1.54, 1.807) is 0 Å². The first-order chi connectivity index (χ1) is 7.54. The summed E-state index contributed by atoms with van der Waals surface area (Å²) in [6.07, 6.45) is 4.08. The van der Waals surface area contributed by atoms with Gasteiger partial charge in [-0.25, -0.2) is 0 Å². The van der Waals surface area contributed by atoms with E-state index in [0.717, 1.165) is 19.0 Å². The van der Waals surface area contributed by atoms with Crippen molar-refractivity contribution < 1.29 is 4.79 Å². The molecule has 2 N–H and O–H groups in total. The van der Waals surface area contributed by atoms with Crippen LogP contribution in [0, 0.1) is 11.8 Å². The normalized spacial score (nSPS) is 20.2. The number of likely N-dealkylation sites (tertiary alicyclic amines) is 1. The molecule has 0 spiro atoms. The van der Waals surface area contributed by atoms with Crippen molar-refractivity contribution in [3.63, 3.8) is 0 Å². The second-order valence-corrected chi connectivity index (χ2v) is 5.34. The standard InChI is InChI=1S/C13H26N2O/c1-4-11-5-7-15(8-6-11)13(16)9-12(14)10(2)3/h10-12H,4-9,14H2,1-3H3. The molecule has 1 fully saturated rings. The maximum atomic E-state index is 12.0. The Labute approximate surface area is 99.4 Å². The topological polar surface area (TPSA) is 46.3 Å². The van der Waals surface area contributed by atoms with Crippen molar-refractivity contribution in [3.8, 4) is 0 Å². The zero-order valence-electron chi connectivity index (χ0n) is 10.9. The highest BCUT2D eigenvalue weighted by molar-refractivity contribution is 5.76. The van der Waals surface area contributed by atoms with Gasteiger partial charge in [0.15, 0.2) is 0 Å². The Morgan fingerprint density at radius 3 is 2.38 bits per heavy atom. The fourth-order valence-corrected chi connectivity index (χ4v) is 2.16. The molecular formula is C13H26N2O. The molecule has 0 aliphatic carbocycles. The summed E-state index contributed by atoms with van der Waals surface area (Å²) in [5, 5.41) is 0. The maximum Gasteiger partial charge on any atom is 0.224 e. The molecule has 0 bridgehead atoms. The first-order valence-corrected chi connectivity index (χ1v) is 6.58. The van der Waals surface area contributed by atoms with Gasteiger partial charge in [-0.2, -0.15) is 0 Å². The third kappa shape index (κ3) is 3.78. The van der Waals surface area contributed by atoms with E-state index in [1.807, 2.05) is 4.90 Å². The van der Waals surface area contributed by atoms with Crippen LogP contribution in [0.2, 0.25) is 0 Å². The first kappa shape index (κ1) is 13.5. The van der Waals surface area contributed by atoms with E-state index in [2.05, 4.69) is 20.8 Å². The van der Waals surface area contributed by atoms with Gasteiger partial charge in [0, 0.05) is 25.6 Å². The number of carbonyl (C=O) groups is 1. The molecule has 3 heteroatoms. The smallest absolute Gasteiger partial charge is 0.224 e. The van der Waals surface area contributed by atoms with Crippen LogP contribution in [0.15, 0.2) is 0 Å². The number of nitrogens with zero attached hydrogens (tertiary/aromatic N) is 1. The summed E-state index contributed by atoms with van der Waals surface area (Å²) in [6, 6.07) is 0.0106. The van der Waals surface area contributed by atoms with E-state index in [9.17, 15) is 4.79 Å². The third-order valence-corrected chi connectivity index (χ3v) is 3.81. The van der Waals surface area contributed by atoms with Crippen molar-refractivity contribution >= 4 is 5.91 Å². The van der Waals surface area contributed by atoms with Crippen LogP contribution in [-0.4, -0.2) is 29.9 Å². The van der Waals surface area contributed by atoms with Crippen molar-refractivity contribution in [2.45, 2.75) is 52.5 Å². The average Bonchev–Trinajstić information content (AvgIpc) is 2.28. The van der Waals surface area contributed by atoms with Gasteiger partial charge in [-0.1, -0.05) is 27.2 Å². The lowest BCUT2D eigenvalue weighted by Gasteiger charge is -2.32. The van der Waals surface area contributed by atoms with Crippen molar-refractivity contribution in [2.75, 3.05) is 13.1 Å². The van der Waals surface area contributed by atoms with Gasteiger partial charge < -0.3 is 10.6 Å². The minimum atomic E-state index is 0.0106. The summed E-state index contributed by atoms with van der Waals surface area (Å²) in [5.74, 6) is 1.45. The van der Waals surface area contributed by atoms with E-state index < -0.39 is 0 Å². The molecule has 0 aromatic carbocycles. The molecule has 1 unspecified atom stereocenters. The molecule has 0 aromatic rings. The van der Waals surface area contributed by atoms with Crippen LogP contribution in [-0.2, 0) is 4.79 Å². The van der Waals surface area contributed by atoms with Crippen LogP contribution < -0.4 is 5.73 Å². The highest BCUT2D eigenvalue weighted by atomic mass is 16.2. The fraction of sp³-hybridized carbons (Fsp3) is 0.923. The maximum absolute atomic E-state index is 12.0. The minimum absolute atomic E-state index is 0.0106. The van der Waals surface area contributed by atoms with E-state index >= 15 is 0 Å². The van der Waals surface area contributed by atoms with E-state index in [1.165, 1.54) is 19.3 Å². The number of piperidine rings is 1.